The summed E-state index contributed by atoms with van der Waals surface area (Å²) in [7, 11) is 0. The molecule has 0 saturated carbocycles. The van der Waals surface area contributed by atoms with Crippen LogP contribution in [0.3, 0.4) is 0 Å². The van der Waals surface area contributed by atoms with Crippen molar-refractivity contribution in [2.75, 3.05) is 19.4 Å². The van der Waals surface area contributed by atoms with Crippen molar-refractivity contribution >= 4 is 11.8 Å². The molecule has 4 heteroatoms. The van der Waals surface area contributed by atoms with Crippen LogP contribution in [0.2, 0.25) is 0 Å². The van der Waals surface area contributed by atoms with Crippen molar-refractivity contribution in [1.29, 1.82) is 0 Å². The molecule has 0 unspecified atom stereocenters. The molecule has 13 heavy (non-hydrogen) atoms. The third kappa shape index (κ3) is 3.85. The van der Waals surface area contributed by atoms with Crippen LogP contribution in [0.25, 0.3) is 0 Å². The van der Waals surface area contributed by atoms with Gasteiger partial charge in [0.15, 0.2) is 0 Å². The monoisotopic (exact) mass is 201 g/mol. The summed E-state index contributed by atoms with van der Waals surface area (Å²) < 4.78 is 5.51. The molecule has 0 bridgehead atoms. The maximum atomic E-state index is 8.54. The normalized spacial score (nSPS) is 10.6. The van der Waals surface area contributed by atoms with Gasteiger partial charge in [-0.15, -0.1) is 0 Å². The van der Waals surface area contributed by atoms with E-state index in [9.17, 15) is 0 Å². The molecule has 0 amide bonds. The Labute approximate surface area is 82.5 Å². The summed E-state index contributed by atoms with van der Waals surface area (Å²) in [6, 6.07) is 3.96. The van der Waals surface area contributed by atoms with Crippen molar-refractivity contribution in [3.8, 4) is 0 Å². The number of nitrogens with one attached hydrogen (secondary N) is 1. The highest BCUT2D eigenvalue weighted by Gasteiger charge is 1.99. The number of hydrogen-bond donors (Lipinski definition) is 2. The summed E-state index contributed by atoms with van der Waals surface area (Å²) >= 11 is 1.74. The Hall–Kier alpha value is -0.450. The zero-order valence-corrected chi connectivity index (χ0v) is 8.56. The molecule has 0 saturated heterocycles. The zero-order valence-electron chi connectivity index (χ0n) is 7.75. The van der Waals surface area contributed by atoms with Gasteiger partial charge in [0.25, 0.3) is 0 Å². The lowest BCUT2D eigenvalue weighted by Gasteiger charge is -1.98. The molecule has 0 spiro atoms. The third-order valence-corrected chi connectivity index (χ3v) is 2.16. The van der Waals surface area contributed by atoms with Crippen LogP contribution in [0.15, 0.2) is 16.5 Å². The fraction of sp³-hybridized carbons (Fsp3) is 0.556. The molecular formula is C9H15NO2S. The zero-order chi connectivity index (χ0) is 9.52. The van der Waals surface area contributed by atoms with E-state index in [0.29, 0.717) is 13.1 Å². The number of furan rings is 1. The molecular weight excluding hydrogens is 186 g/mol. The summed E-state index contributed by atoms with van der Waals surface area (Å²) in [6.45, 7) is 1.46. The van der Waals surface area contributed by atoms with Gasteiger partial charge in [-0.25, -0.2) is 0 Å². The Morgan fingerprint density at radius 2 is 2.23 bits per heavy atom. The summed E-state index contributed by atoms with van der Waals surface area (Å²) in [5.41, 5.74) is 0. The summed E-state index contributed by atoms with van der Waals surface area (Å²) in [6.07, 6.45) is 2.05. The largest absolute Gasteiger partial charge is 0.464 e. The van der Waals surface area contributed by atoms with Crippen LogP contribution in [-0.2, 0) is 12.3 Å². The van der Waals surface area contributed by atoms with Crippen molar-refractivity contribution in [2.24, 2.45) is 0 Å². The SMILES string of the molecule is CSCc1ccc(CNCCO)o1. The average molecular weight is 201 g/mol. The van der Waals surface area contributed by atoms with E-state index in [1.165, 1.54) is 0 Å². The summed E-state index contributed by atoms with van der Waals surface area (Å²) in [5, 5.41) is 11.6. The van der Waals surface area contributed by atoms with Gasteiger partial charge in [-0.1, -0.05) is 0 Å². The van der Waals surface area contributed by atoms with Crippen LogP contribution in [-0.4, -0.2) is 24.5 Å². The molecule has 0 radical (unpaired) electrons. The minimum atomic E-state index is 0.165. The number of thioether (sulfide) groups is 1. The number of rotatable bonds is 6. The summed E-state index contributed by atoms with van der Waals surface area (Å²) in [4.78, 5) is 0. The molecule has 0 aromatic carbocycles. The first-order valence-electron chi connectivity index (χ1n) is 4.25. The topological polar surface area (TPSA) is 45.4 Å². The Balaban J connectivity index is 2.31. The lowest BCUT2D eigenvalue weighted by molar-refractivity contribution is 0.289. The van der Waals surface area contributed by atoms with Gasteiger partial charge < -0.3 is 14.8 Å². The van der Waals surface area contributed by atoms with Crippen LogP contribution in [0.4, 0.5) is 0 Å². The first-order chi connectivity index (χ1) is 6.36. The van der Waals surface area contributed by atoms with Gasteiger partial charge >= 0.3 is 0 Å². The van der Waals surface area contributed by atoms with Crippen LogP contribution in [0.5, 0.6) is 0 Å². The first-order valence-corrected chi connectivity index (χ1v) is 5.64. The minimum absolute atomic E-state index is 0.165. The van der Waals surface area contributed by atoms with Crippen molar-refractivity contribution in [3.63, 3.8) is 0 Å². The third-order valence-electron chi connectivity index (χ3n) is 1.59. The molecule has 74 valence electrons. The predicted molar refractivity (Wildman–Crippen MR) is 54.7 cm³/mol. The second-order valence-electron chi connectivity index (χ2n) is 2.70. The molecule has 0 atom stereocenters. The van der Waals surface area contributed by atoms with Gasteiger partial charge in [0.1, 0.15) is 11.5 Å². The van der Waals surface area contributed by atoms with Crippen LogP contribution in [0.1, 0.15) is 11.5 Å². The van der Waals surface area contributed by atoms with Gasteiger partial charge in [0.2, 0.25) is 0 Å². The molecule has 1 aromatic heterocycles. The molecule has 1 heterocycles. The highest BCUT2D eigenvalue weighted by Crippen LogP contribution is 2.12. The highest BCUT2D eigenvalue weighted by molar-refractivity contribution is 7.97. The standard InChI is InChI=1S/C9H15NO2S/c1-13-7-9-3-2-8(12-9)6-10-4-5-11/h2-3,10-11H,4-7H2,1H3. The molecule has 0 aliphatic carbocycles. The second kappa shape index (κ2) is 6.07. The number of hydrogen-bond acceptors (Lipinski definition) is 4. The van der Waals surface area contributed by atoms with E-state index in [2.05, 4.69) is 5.32 Å². The van der Waals surface area contributed by atoms with Crippen molar-refractivity contribution < 1.29 is 9.52 Å². The van der Waals surface area contributed by atoms with Gasteiger partial charge in [0, 0.05) is 6.54 Å². The van der Waals surface area contributed by atoms with E-state index in [1.54, 1.807) is 11.8 Å². The Bertz CT molecular complexity index is 237. The van der Waals surface area contributed by atoms with Crippen molar-refractivity contribution in [2.45, 2.75) is 12.3 Å². The second-order valence-corrected chi connectivity index (χ2v) is 3.57. The Morgan fingerprint density at radius 1 is 1.46 bits per heavy atom. The minimum Gasteiger partial charge on any atom is -0.464 e. The summed E-state index contributed by atoms with van der Waals surface area (Å²) in [5.74, 6) is 2.85. The van der Waals surface area contributed by atoms with E-state index < -0.39 is 0 Å². The van der Waals surface area contributed by atoms with E-state index in [4.69, 9.17) is 9.52 Å². The van der Waals surface area contributed by atoms with Crippen LogP contribution >= 0.6 is 11.8 Å². The Morgan fingerprint density at radius 3 is 2.92 bits per heavy atom. The van der Waals surface area contributed by atoms with E-state index >= 15 is 0 Å². The van der Waals surface area contributed by atoms with E-state index in [0.717, 1.165) is 17.3 Å². The number of aliphatic hydroxyl groups excluding tert-OH is 1. The molecule has 0 fully saturated rings. The van der Waals surface area contributed by atoms with Crippen LogP contribution < -0.4 is 5.32 Å². The predicted octanol–water partition coefficient (Wildman–Crippen LogP) is 1.22. The number of aliphatic hydroxyl groups is 1. The molecule has 0 aliphatic heterocycles. The smallest absolute Gasteiger partial charge is 0.118 e. The lowest BCUT2D eigenvalue weighted by Crippen LogP contribution is -2.16. The maximum Gasteiger partial charge on any atom is 0.118 e. The van der Waals surface area contributed by atoms with Gasteiger partial charge in [-0.2, -0.15) is 11.8 Å². The molecule has 2 N–H and O–H groups in total. The molecule has 3 nitrogen and oxygen atoms in total. The average Bonchev–Trinajstić information content (AvgIpc) is 2.54. The van der Waals surface area contributed by atoms with Crippen molar-refractivity contribution in [3.05, 3.63) is 23.7 Å². The van der Waals surface area contributed by atoms with Crippen molar-refractivity contribution in [1.82, 2.24) is 5.32 Å². The van der Waals surface area contributed by atoms with Gasteiger partial charge in [0.05, 0.1) is 18.9 Å². The Kier molecular flexibility index (Phi) is 4.97. The molecule has 0 aliphatic rings. The maximum absolute atomic E-state index is 8.54. The molecule has 1 aromatic rings. The lowest BCUT2D eigenvalue weighted by atomic mass is 10.4. The van der Waals surface area contributed by atoms with E-state index in [1.807, 2.05) is 18.4 Å². The molecule has 1 rings (SSSR count). The fourth-order valence-corrected chi connectivity index (χ4v) is 1.47. The first kappa shape index (κ1) is 10.6. The van der Waals surface area contributed by atoms with Crippen LogP contribution in [0, 0.1) is 0 Å². The fourth-order valence-electron chi connectivity index (χ4n) is 1.03. The van der Waals surface area contributed by atoms with Gasteiger partial charge in [-0.3, -0.25) is 0 Å². The highest BCUT2D eigenvalue weighted by atomic mass is 32.2. The van der Waals surface area contributed by atoms with E-state index in [-0.39, 0.29) is 6.61 Å². The quantitative estimate of drug-likeness (QED) is 0.679. The van der Waals surface area contributed by atoms with Gasteiger partial charge in [-0.05, 0) is 18.4 Å².